The van der Waals surface area contributed by atoms with E-state index in [1.165, 1.54) is 6.07 Å². The SMILES string of the molecule is CC1CC(O)(c2cc3cccc(F)c3o2)CN1C. The lowest BCUT2D eigenvalue weighted by Gasteiger charge is -2.19. The minimum Gasteiger partial charge on any atom is -0.455 e. The zero-order chi connectivity index (χ0) is 12.9. The number of hydrogen-bond donors (Lipinski definition) is 1. The topological polar surface area (TPSA) is 36.6 Å². The van der Waals surface area contributed by atoms with Crippen molar-refractivity contribution in [2.24, 2.45) is 0 Å². The molecule has 4 heteroatoms. The molecule has 0 radical (unpaired) electrons. The predicted octanol–water partition coefficient (Wildman–Crippen LogP) is 2.48. The monoisotopic (exact) mass is 249 g/mol. The van der Waals surface area contributed by atoms with Crippen molar-refractivity contribution >= 4 is 11.0 Å². The van der Waals surface area contributed by atoms with E-state index in [4.69, 9.17) is 4.42 Å². The fraction of sp³-hybridized carbons (Fsp3) is 0.429. The highest BCUT2D eigenvalue weighted by molar-refractivity contribution is 5.78. The lowest BCUT2D eigenvalue weighted by Crippen LogP contribution is -2.28. The van der Waals surface area contributed by atoms with Gasteiger partial charge in [0.2, 0.25) is 0 Å². The van der Waals surface area contributed by atoms with Gasteiger partial charge in [0, 0.05) is 18.0 Å². The van der Waals surface area contributed by atoms with Crippen molar-refractivity contribution in [3.63, 3.8) is 0 Å². The standard InChI is InChI=1S/C14H16FNO2/c1-9-7-14(17,8-16(9)2)12-6-10-4-3-5-11(15)13(10)18-12/h3-6,9,17H,7-8H2,1-2H3. The summed E-state index contributed by atoms with van der Waals surface area (Å²) in [6, 6.07) is 6.82. The minimum absolute atomic E-state index is 0.225. The second kappa shape index (κ2) is 3.80. The normalized spacial score (nSPS) is 29.2. The summed E-state index contributed by atoms with van der Waals surface area (Å²) >= 11 is 0. The molecule has 3 nitrogen and oxygen atoms in total. The largest absolute Gasteiger partial charge is 0.455 e. The third-order valence-corrected chi connectivity index (χ3v) is 3.85. The second-order valence-corrected chi connectivity index (χ2v) is 5.27. The molecule has 96 valence electrons. The first-order valence-corrected chi connectivity index (χ1v) is 6.11. The molecule has 3 rings (SSSR count). The van der Waals surface area contributed by atoms with Gasteiger partial charge in [-0.3, -0.25) is 0 Å². The summed E-state index contributed by atoms with van der Waals surface area (Å²) in [6.45, 7) is 2.57. The van der Waals surface area contributed by atoms with E-state index in [0.29, 0.717) is 24.1 Å². The van der Waals surface area contributed by atoms with Gasteiger partial charge in [-0.1, -0.05) is 12.1 Å². The van der Waals surface area contributed by atoms with Crippen LogP contribution in [0.2, 0.25) is 0 Å². The average Bonchev–Trinajstić information content (AvgIpc) is 2.84. The average molecular weight is 249 g/mol. The van der Waals surface area contributed by atoms with E-state index < -0.39 is 5.60 Å². The quantitative estimate of drug-likeness (QED) is 0.843. The van der Waals surface area contributed by atoms with E-state index in [9.17, 15) is 9.50 Å². The molecule has 0 spiro atoms. The molecule has 2 aromatic rings. The molecule has 0 aliphatic carbocycles. The van der Waals surface area contributed by atoms with Crippen LogP contribution in [0.3, 0.4) is 0 Å². The fourth-order valence-electron chi connectivity index (χ4n) is 2.71. The Morgan fingerprint density at radius 3 is 2.89 bits per heavy atom. The van der Waals surface area contributed by atoms with E-state index in [2.05, 4.69) is 11.8 Å². The Balaban J connectivity index is 2.07. The van der Waals surface area contributed by atoms with Crippen molar-refractivity contribution < 1.29 is 13.9 Å². The lowest BCUT2D eigenvalue weighted by molar-refractivity contribution is 0.0277. The molecule has 1 fully saturated rings. The zero-order valence-electron chi connectivity index (χ0n) is 10.5. The Labute approximate surface area is 105 Å². The second-order valence-electron chi connectivity index (χ2n) is 5.27. The van der Waals surface area contributed by atoms with Crippen LogP contribution in [0.1, 0.15) is 19.1 Å². The van der Waals surface area contributed by atoms with Crippen molar-refractivity contribution in [2.75, 3.05) is 13.6 Å². The zero-order valence-corrected chi connectivity index (χ0v) is 10.5. The molecule has 0 amide bonds. The first-order chi connectivity index (χ1) is 8.49. The van der Waals surface area contributed by atoms with Crippen LogP contribution in [0, 0.1) is 5.82 Å². The molecule has 0 bridgehead atoms. The first kappa shape index (κ1) is 11.7. The van der Waals surface area contributed by atoms with Crippen LogP contribution in [0.4, 0.5) is 4.39 Å². The molecule has 1 saturated heterocycles. The molecule has 1 aromatic heterocycles. The highest BCUT2D eigenvalue weighted by Gasteiger charge is 2.43. The molecule has 1 aliphatic heterocycles. The summed E-state index contributed by atoms with van der Waals surface area (Å²) in [5, 5.41) is 11.3. The molecule has 2 unspecified atom stereocenters. The van der Waals surface area contributed by atoms with Crippen molar-refractivity contribution in [2.45, 2.75) is 25.0 Å². The summed E-state index contributed by atoms with van der Waals surface area (Å²) in [6.07, 6.45) is 0.602. The van der Waals surface area contributed by atoms with Crippen molar-refractivity contribution in [3.05, 3.63) is 35.8 Å². The van der Waals surface area contributed by atoms with Crippen LogP contribution in [0.25, 0.3) is 11.0 Å². The maximum absolute atomic E-state index is 13.6. The van der Waals surface area contributed by atoms with Gasteiger partial charge >= 0.3 is 0 Å². The number of fused-ring (bicyclic) bond motifs is 1. The van der Waals surface area contributed by atoms with Gasteiger partial charge < -0.3 is 14.4 Å². The number of nitrogens with zero attached hydrogens (tertiary/aromatic N) is 1. The van der Waals surface area contributed by atoms with E-state index in [1.807, 2.05) is 7.05 Å². The Kier molecular flexibility index (Phi) is 2.47. The summed E-state index contributed by atoms with van der Waals surface area (Å²) < 4.78 is 19.1. The van der Waals surface area contributed by atoms with Crippen LogP contribution in [0.5, 0.6) is 0 Å². The van der Waals surface area contributed by atoms with Gasteiger partial charge in [0.25, 0.3) is 0 Å². The molecule has 2 atom stereocenters. The van der Waals surface area contributed by atoms with E-state index >= 15 is 0 Å². The lowest BCUT2D eigenvalue weighted by atomic mass is 9.97. The van der Waals surface area contributed by atoms with Crippen LogP contribution >= 0.6 is 0 Å². The molecule has 1 aromatic carbocycles. The summed E-state index contributed by atoms with van der Waals surface area (Å²) in [7, 11) is 1.96. The highest BCUT2D eigenvalue weighted by atomic mass is 19.1. The Morgan fingerprint density at radius 2 is 2.28 bits per heavy atom. The first-order valence-electron chi connectivity index (χ1n) is 6.11. The maximum Gasteiger partial charge on any atom is 0.170 e. The molecule has 2 heterocycles. The number of furan rings is 1. The number of β-amino-alcohol motifs (C(OH)–C–C–N with tert-alkyl or cyclic N) is 1. The van der Waals surface area contributed by atoms with E-state index in [0.717, 1.165) is 0 Å². The van der Waals surface area contributed by atoms with Crippen LogP contribution in [-0.4, -0.2) is 29.6 Å². The Morgan fingerprint density at radius 1 is 1.50 bits per heavy atom. The number of halogens is 1. The van der Waals surface area contributed by atoms with E-state index in [-0.39, 0.29) is 17.4 Å². The molecule has 18 heavy (non-hydrogen) atoms. The molecule has 1 N–H and O–H groups in total. The van der Waals surface area contributed by atoms with Crippen molar-refractivity contribution in [3.8, 4) is 0 Å². The fourth-order valence-corrected chi connectivity index (χ4v) is 2.71. The van der Waals surface area contributed by atoms with Crippen molar-refractivity contribution in [1.82, 2.24) is 4.90 Å². The number of likely N-dealkylation sites (N-methyl/N-ethyl adjacent to an activating group) is 1. The van der Waals surface area contributed by atoms with Crippen LogP contribution in [-0.2, 0) is 5.60 Å². The number of hydrogen-bond acceptors (Lipinski definition) is 3. The van der Waals surface area contributed by atoms with Gasteiger partial charge in [-0.2, -0.15) is 0 Å². The summed E-state index contributed by atoms with van der Waals surface area (Å²) in [5.74, 6) is 0.0700. The van der Waals surface area contributed by atoms with Gasteiger partial charge in [0.05, 0.1) is 0 Å². The van der Waals surface area contributed by atoms with Gasteiger partial charge in [0.1, 0.15) is 11.4 Å². The molecular weight excluding hydrogens is 233 g/mol. The van der Waals surface area contributed by atoms with Crippen LogP contribution < -0.4 is 0 Å². The van der Waals surface area contributed by atoms with Gasteiger partial charge in [-0.05, 0) is 32.5 Å². The predicted molar refractivity (Wildman–Crippen MR) is 66.8 cm³/mol. The number of rotatable bonds is 1. The van der Waals surface area contributed by atoms with Crippen molar-refractivity contribution in [1.29, 1.82) is 0 Å². The third-order valence-electron chi connectivity index (χ3n) is 3.85. The van der Waals surface area contributed by atoms with Gasteiger partial charge in [-0.15, -0.1) is 0 Å². The molecule has 0 saturated carbocycles. The minimum atomic E-state index is -1.01. The number of aliphatic hydroxyl groups is 1. The Hall–Kier alpha value is -1.39. The third kappa shape index (κ3) is 1.64. The Bertz CT molecular complexity index is 582. The number of para-hydroxylation sites is 1. The molecule has 1 aliphatic rings. The van der Waals surface area contributed by atoms with E-state index in [1.54, 1.807) is 18.2 Å². The number of likely N-dealkylation sites (tertiary alicyclic amines) is 1. The molecular formula is C14H16FNO2. The smallest absolute Gasteiger partial charge is 0.170 e. The van der Waals surface area contributed by atoms with Crippen LogP contribution in [0.15, 0.2) is 28.7 Å². The van der Waals surface area contributed by atoms with Gasteiger partial charge in [-0.25, -0.2) is 4.39 Å². The van der Waals surface area contributed by atoms with Gasteiger partial charge in [0.15, 0.2) is 11.4 Å². The highest BCUT2D eigenvalue weighted by Crippen LogP contribution is 2.37. The summed E-state index contributed by atoms with van der Waals surface area (Å²) in [4.78, 5) is 2.07. The summed E-state index contributed by atoms with van der Waals surface area (Å²) in [5.41, 5.74) is -0.789. The maximum atomic E-state index is 13.6. The number of benzene rings is 1.